The minimum Gasteiger partial charge on any atom is -0.493 e. The van der Waals surface area contributed by atoms with E-state index in [0.717, 1.165) is 18.1 Å². The molecule has 2 aromatic rings. The van der Waals surface area contributed by atoms with Crippen LogP contribution in [0.25, 0.3) is 0 Å². The van der Waals surface area contributed by atoms with Crippen molar-refractivity contribution in [1.29, 1.82) is 0 Å². The van der Waals surface area contributed by atoms with E-state index in [0.29, 0.717) is 18.1 Å². The third kappa shape index (κ3) is 3.58. The third-order valence-electron chi connectivity index (χ3n) is 2.51. The Morgan fingerprint density at radius 3 is 2.53 bits per heavy atom. The Morgan fingerprint density at radius 1 is 1.11 bits per heavy atom. The largest absolute Gasteiger partial charge is 0.493 e. The fraction of sp³-hybridized carbons (Fsp3) is 0.286. The molecule has 0 fully saturated rings. The number of ether oxygens (including phenoxy) is 2. The van der Waals surface area contributed by atoms with Crippen LogP contribution in [0.4, 0.5) is 5.82 Å². The van der Waals surface area contributed by atoms with Gasteiger partial charge in [-0.3, -0.25) is 4.98 Å². The van der Waals surface area contributed by atoms with E-state index in [1.165, 1.54) is 0 Å². The van der Waals surface area contributed by atoms with E-state index in [9.17, 15) is 0 Å². The Balaban J connectivity index is 1.98. The number of benzene rings is 1. The summed E-state index contributed by atoms with van der Waals surface area (Å²) < 4.78 is 10.9. The van der Waals surface area contributed by atoms with Crippen LogP contribution in [-0.2, 0) is 6.61 Å². The lowest BCUT2D eigenvalue weighted by atomic mass is 10.3. The van der Waals surface area contributed by atoms with E-state index in [2.05, 4.69) is 15.3 Å². The maximum atomic E-state index is 5.67. The first-order chi connectivity index (χ1) is 9.33. The van der Waals surface area contributed by atoms with Crippen molar-refractivity contribution in [2.75, 3.05) is 19.0 Å². The van der Waals surface area contributed by atoms with E-state index >= 15 is 0 Å². The molecule has 0 aliphatic heterocycles. The molecule has 2 rings (SSSR count). The summed E-state index contributed by atoms with van der Waals surface area (Å²) >= 11 is 0. The molecule has 5 nitrogen and oxygen atoms in total. The van der Waals surface area contributed by atoms with Crippen molar-refractivity contribution in [2.24, 2.45) is 0 Å². The molecule has 0 saturated heterocycles. The van der Waals surface area contributed by atoms with Gasteiger partial charge in [-0.05, 0) is 19.1 Å². The van der Waals surface area contributed by atoms with Gasteiger partial charge in [0.25, 0.3) is 0 Å². The second-order valence-corrected chi connectivity index (χ2v) is 3.86. The number of rotatable bonds is 6. The van der Waals surface area contributed by atoms with Crippen molar-refractivity contribution in [3.05, 3.63) is 42.4 Å². The van der Waals surface area contributed by atoms with Crippen molar-refractivity contribution < 1.29 is 9.47 Å². The molecule has 1 N–H and O–H groups in total. The molecule has 0 spiro atoms. The molecule has 0 amide bonds. The molecule has 1 heterocycles. The smallest absolute Gasteiger partial charge is 0.161 e. The molecule has 0 unspecified atom stereocenters. The van der Waals surface area contributed by atoms with Crippen LogP contribution in [0.3, 0.4) is 0 Å². The minimum atomic E-state index is 0.361. The molecule has 1 aromatic carbocycles. The standard InChI is InChI=1S/C14H17N3O2/c1-3-15-14-9-16-11(8-17-14)10-19-13-7-5-4-6-12(13)18-2/h4-9H,3,10H2,1-2H3,(H,15,17). The first kappa shape index (κ1) is 13.1. The van der Waals surface area contributed by atoms with Crippen LogP contribution in [0.1, 0.15) is 12.6 Å². The highest BCUT2D eigenvalue weighted by molar-refractivity contribution is 5.39. The normalized spacial score (nSPS) is 10.0. The summed E-state index contributed by atoms with van der Waals surface area (Å²) in [6.07, 6.45) is 3.40. The second kappa shape index (κ2) is 6.58. The summed E-state index contributed by atoms with van der Waals surface area (Å²) in [6.45, 7) is 3.20. The fourth-order valence-electron chi connectivity index (χ4n) is 1.59. The van der Waals surface area contributed by atoms with Crippen LogP contribution in [0.5, 0.6) is 11.5 Å². The van der Waals surface area contributed by atoms with Crippen molar-refractivity contribution in [3.63, 3.8) is 0 Å². The second-order valence-electron chi connectivity index (χ2n) is 3.86. The molecular weight excluding hydrogens is 242 g/mol. The topological polar surface area (TPSA) is 56.3 Å². The molecule has 0 saturated carbocycles. The van der Waals surface area contributed by atoms with Gasteiger partial charge in [0.05, 0.1) is 25.2 Å². The van der Waals surface area contributed by atoms with Crippen molar-refractivity contribution in [1.82, 2.24) is 9.97 Å². The summed E-state index contributed by atoms with van der Waals surface area (Å²) in [4.78, 5) is 8.52. The van der Waals surface area contributed by atoms with Crippen molar-refractivity contribution >= 4 is 5.82 Å². The summed E-state index contributed by atoms with van der Waals surface area (Å²) in [7, 11) is 1.62. The molecule has 0 atom stereocenters. The molecule has 1 aromatic heterocycles. The summed E-state index contributed by atoms with van der Waals surface area (Å²) in [5.41, 5.74) is 0.771. The van der Waals surface area contributed by atoms with Gasteiger partial charge in [0.2, 0.25) is 0 Å². The van der Waals surface area contributed by atoms with Crippen molar-refractivity contribution in [3.8, 4) is 11.5 Å². The SMILES string of the molecule is CCNc1cnc(COc2ccccc2OC)cn1. The van der Waals surface area contributed by atoms with E-state index in [-0.39, 0.29) is 0 Å². The van der Waals surface area contributed by atoms with E-state index in [1.807, 2.05) is 31.2 Å². The maximum Gasteiger partial charge on any atom is 0.161 e. The average molecular weight is 259 g/mol. The zero-order valence-electron chi connectivity index (χ0n) is 11.1. The minimum absolute atomic E-state index is 0.361. The summed E-state index contributed by atoms with van der Waals surface area (Å²) in [6, 6.07) is 7.52. The molecular formula is C14H17N3O2. The lowest BCUT2D eigenvalue weighted by molar-refractivity contribution is 0.280. The van der Waals surface area contributed by atoms with Crippen LogP contribution in [0.2, 0.25) is 0 Å². The fourth-order valence-corrected chi connectivity index (χ4v) is 1.59. The Morgan fingerprint density at radius 2 is 1.89 bits per heavy atom. The monoisotopic (exact) mass is 259 g/mol. The zero-order valence-corrected chi connectivity index (χ0v) is 11.1. The van der Waals surface area contributed by atoms with Gasteiger partial charge in [-0.1, -0.05) is 12.1 Å². The predicted octanol–water partition coefficient (Wildman–Crippen LogP) is 2.50. The highest BCUT2D eigenvalue weighted by Gasteiger charge is 2.04. The van der Waals surface area contributed by atoms with Crippen LogP contribution >= 0.6 is 0 Å². The number of methoxy groups -OCH3 is 1. The number of aromatic nitrogens is 2. The van der Waals surface area contributed by atoms with Crippen molar-refractivity contribution in [2.45, 2.75) is 13.5 Å². The Labute approximate surface area is 112 Å². The van der Waals surface area contributed by atoms with E-state index in [1.54, 1.807) is 19.5 Å². The van der Waals surface area contributed by atoms with Crippen LogP contribution in [0.15, 0.2) is 36.7 Å². The molecule has 0 aliphatic rings. The molecule has 19 heavy (non-hydrogen) atoms. The lowest BCUT2D eigenvalue weighted by Gasteiger charge is -2.10. The first-order valence-electron chi connectivity index (χ1n) is 6.14. The predicted molar refractivity (Wildman–Crippen MR) is 73.5 cm³/mol. The van der Waals surface area contributed by atoms with Gasteiger partial charge in [-0.25, -0.2) is 4.98 Å². The van der Waals surface area contributed by atoms with E-state index < -0.39 is 0 Å². The van der Waals surface area contributed by atoms with Crippen LogP contribution in [0, 0.1) is 0 Å². The van der Waals surface area contributed by atoms with Gasteiger partial charge in [0.1, 0.15) is 12.4 Å². The number of anilines is 1. The van der Waals surface area contributed by atoms with Gasteiger partial charge < -0.3 is 14.8 Å². The Kier molecular flexibility index (Phi) is 4.55. The van der Waals surface area contributed by atoms with Gasteiger partial charge in [-0.15, -0.1) is 0 Å². The van der Waals surface area contributed by atoms with E-state index in [4.69, 9.17) is 9.47 Å². The first-order valence-corrected chi connectivity index (χ1v) is 6.14. The van der Waals surface area contributed by atoms with Gasteiger partial charge in [-0.2, -0.15) is 0 Å². The highest BCUT2D eigenvalue weighted by atomic mass is 16.5. The molecule has 100 valence electrons. The number of nitrogens with zero attached hydrogens (tertiary/aromatic N) is 2. The van der Waals surface area contributed by atoms with Crippen LogP contribution < -0.4 is 14.8 Å². The zero-order chi connectivity index (χ0) is 13.5. The third-order valence-corrected chi connectivity index (χ3v) is 2.51. The van der Waals surface area contributed by atoms with Gasteiger partial charge >= 0.3 is 0 Å². The quantitative estimate of drug-likeness (QED) is 0.863. The highest BCUT2D eigenvalue weighted by Crippen LogP contribution is 2.26. The number of hydrogen-bond acceptors (Lipinski definition) is 5. The molecule has 5 heteroatoms. The Bertz CT molecular complexity index is 514. The Hall–Kier alpha value is -2.30. The molecule has 0 aliphatic carbocycles. The maximum absolute atomic E-state index is 5.67. The molecule has 0 bridgehead atoms. The summed E-state index contributed by atoms with van der Waals surface area (Å²) in [5, 5.41) is 3.09. The molecule has 0 radical (unpaired) electrons. The average Bonchev–Trinajstić information content (AvgIpc) is 2.47. The number of nitrogens with one attached hydrogen (secondary N) is 1. The lowest BCUT2D eigenvalue weighted by Crippen LogP contribution is -2.03. The van der Waals surface area contributed by atoms with Gasteiger partial charge in [0, 0.05) is 6.54 Å². The number of hydrogen-bond donors (Lipinski definition) is 1. The van der Waals surface area contributed by atoms with Gasteiger partial charge in [0.15, 0.2) is 11.5 Å². The van der Waals surface area contributed by atoms with Crippen LogP contribution in [-0.4, -0.2) is 23.6 Å². The summed E-state index contributed by atoms with van der Waals surface area (Å²) in [5.74, 6) is 2.17. The number of para-hydroxylation sites is 2.